The summed E-state index contributed by atoms with van der Waals surface area (Å²) in [6.45, 7) is 3.36. The van der Waals surface area contributed by atoms with Crippen LogP contribution in [0.2, 0.25) is 5.02 Å². The zero-order chi connectivity index (χ0) is 32.4. The van der Waals surface area contributed by atoms with Crippen LogP contribution in [0, 0.1) is 12.7 Å². The third-order valence-corrected chi connectivity index (χ3v) is 9.41. The van der Waals surface area contributed by atoms with Crippen LogP contribution in [0.5, 0.6) is 0 Å². The number of halogens is 2. The minimum Gasteiger partial charge on any atom is -0.354 e. The van der Waals surface area contributed by atoms with Crippen molar-refractivity contribution in [2.45, 2.75) is 50.6 Å². The second kappa shape index (κ2) is 15.7. The predicted octanol–water partition coefficient (Wildman–Crippen LogP) is 6.54. The summed E-state index contributed by atoms with van der Waals surface area (Å²) in [7, 11) is -4.27. The summed E-state index contributed by atoms with van der Waals surface area (Å²) in [4.78, 5) is 29.4. The Morgan fingerprint density at radius 3 is 2.27 bits per heavy atom. The van der Waals surface area contributed by atoms with Gasteiger partial charge in [0, 0.05) is 30.1 Å². The molecule has 0 aliphatic carbocycles. The Morgan fingerprint density at radius 2 is 1.60 bits per heavy atom. The van der Waals surface area contributed by atoms with E-state index in [2.05, 4.69) is 5.32 Å². The van der Waals surface area contributed by atoms with Crippen molar-refractivity contribution in [2.75, 3.05) is 17.4 Å². The highest BCUT2D eigenvalue weighted by Gasteiger charge is 2.35. The number of rotatable bonds is 14. The number of aryl methyl sites for hydroxylation is 1. The Morgan fingerprint density at radius 1 is 0.911 bits per heavy atom. The van der Waals surface area contributed by atoms with Crippen molar-refractivity contribution < 1.29 is 22.4 Å². The average Bonchev–Trinajstić information content (AvgIpc) is 3.03. The number of hydrogen-bond acceptors (Lipinski definition) is 4. The summed E-state index contributed by atoms with van der Waals surface area (Å²) in [6, 6.07) is 26.7. The van der Waals surface area contributed by atoms with E-state index in [0.717, 1.165) is 28.3 Å². The van der Waals surface area contributed by atoms with Crippen molar-refractivity contribution in [1.82, 2.24) is 10.2 Å². The lowest BCUT2D eigenvalue weighted by molar-refractivity contribution is -0.140. The first-order valence-corrected chi connectivity index (χ1v) is 16.6. The van der Waals surface area contributed by atoms with E-state index >= 15 is 4.39 Å². The minimum atomic E-state index is -4.27. The standard InChI is InChI=1S/C35H37ClFN3O4S/c1-3-4-21-38-35(42)33(23-27-12-6-5-7-13-27)39(24-28-14-8-9-16-32(28)37)34(41)25-40(30-15-10-11-26(2)22-30)45(43,44)31-19-17-29(36)18-20-31/h5-20,22,33H,3-4,21,23-25H2,1-2H3,(H,38,42)/t33-/m1/s1. The molecule has 0 heterocycles. The minimum absolute atomic E-state index is 0.0556. The number of carbonyl (C=O) groups is 2. The van der Waals surface area contributed by atoms with Gasteiger partial charge in [0.05, 0.1) is 10.6 Å². The number of unbranched alkanes of at least 4 members (excludes halogenated alkanes) is 1. The molecule has 10 heteroatoms. The molecule has 0 unspecified atom stereocenters. The lowest BCUT2D eigenvalue weighted by Gasteiger charge is -2.34. The first kappa shape index (κ1) is 33.7. The lowest BCUT2D eigenvalue weighted by Crippen LogP contribution is -2.53. The fraction of sp³-hybridized carbons (Fsp3) is 0.257. The highest BCUT2D eigenvalue weighted by molar-refractivity contribution is 7.92. The highest BCUT2D eigenvalue weighted by atomic mass is 35.5. The normalized spacial score (nSPS) is 11.9. The third-order valence-electron chi connectivity index (χ3n) is 7.37. The van der Waals surface area contributed by atoms with Crippen molar-refractivity contribution in [3.05, 3.63) is 131 Å². The van der Waals surface area contributed by atoms with Crippen LogP contribution in [0.4, 0.5) is 10.1 Å². The Hall–Kier alpha value is -4.21. The average molecular weight is 650 g/mol. The Bertz CT molecular complexity index is 1700. The molecular weight excluding hydrogens is 613 g/mol. The molecule has 4 rings (SSSR count). The summed E-state index contributed by atoms with van der Waals surface area (Å²) >= 11 is 6.03. The maximum absolute atomic E-state index is 15.0. The second-order valence-corrected chi connectivity index (χ2v) is 13.1. The van der Waals surface area contributed by atoms with Gasteiger partial charge in [-0.15, -0.1) is 0 Å². The zero-order valence-electron chi connectivity index (χ0n) is 25.3. The van der Waals surface area contributed by atoms with Crippen LogP contribution >= 0.6 is 11.6 Å². The van der Waals surface area contributed by atoms with Crippen molar-refractivity contribution in [1.29, 1.82) is 0 Å². The van der Waals surface area contributed by atoms with Crippen LogP contribution in [-0.4, -0.2) is 44.3 Å². The first-order valence-electron chi connectivity index (χ1n) is 14.8. The monoisotopic (exact) mass is 649 g/mol. The molecule has 0 radical (unpaired) electrons. The Labute approximate surface area is 269 Å². The van der Waals surface area contributed by atoms with Gasteiger partial charge in [0.1, 0.15) is 18.4 Å². The summed E-state index contributed by atoms with van der Waals surface area (Å²) < 4.78 is 44.2. The van der Waals surface area contributed by atoms with Crippen molar-refractivity contribution in [3.63, 3.8) is 0 Å². The smallest absolute Gasteiger partial charge is 0.264 e. The van der Waals surface area contributed by atoms with Crippen LogP contribution in [0.25, 0.3) is 0 Å². The zero-order valence-corrected chi connectivity index (χ0v) is 26.9. The number of hydrogen-bond donors (Lipinski definition) is 1. The van der Waals surface area contributed by atoms with Gasteiger partial charge < -0.3 is 10.2 Å². The van der Waals surface area contributed by atoms with E-state index in [9.17, 15) is 18.0 Å². The number of sulfonamides is 1. The van der Waals surface area contributed by atoms with Gasteiger partial charge in [0.15, 0.2) is 0 Å². The largest absolute Gasteiger partial charge is 0.354 e. The molecule has 4 aromatic rings. The van der Waals surface area contributed by atoms with Gasteiger partial charge in [-0.3, -0.25) is 13.9 Å². The molecule has 0 saturated heterocycles. The van der Waals surface area contributed by atoms with E-state index in [-0.39, 0.29) is 29.1 Å². The number of nitrogens with zero attached hydrogens (tertiary/aromatic N) is 2. The molecule has 0 aliphatic rings. The Kier molecular flexibility index (Phi) is 11.7. The molecule has 4 aromatic carbocycles. The van der Waals surface area contributed by atoms with Crippen LogP contribution in [0.1, 0.15) is 36.5 Å². The number of carbonyl (C=O) groups excluding carboxylic acids is 2. The number of anilines is 1. The maximum Gasteiger partial charge on any atom is 0.264 e. The summed E-state index contributed by atoms with van der Waals surface area (Å²) in [5.74, 6) is -1.60. The summed E-state index contributed by atoms with van der Waals surface area (Å²) in [5, 5.41) is 3.28. The van der Waals surface area contributed by atoms with Crippen molar-refractivity contribution in [2.24, 2.45) is 0 Å². The highest BCUT2D eigenvalue weighted by Crippen LogP contribution is 2.27. The predicted molar refractivity (Wildman–Crippen MR) is 176 cm³/mol. The molecule has 236 valence electrons. The van der Waals surface area contributed by atoms with Crippen LogP contribution in [0.3, 0.4) is 0 Å². The molecule has 1 atom stereocenters. The van der Waals surface area contributed by atoms with Crippen LogP contribution in [0.15, 0.2) is 108 Å². The van der Waals surface area contributed by atoms with Gasteiger partial charge in [-0.05, 0) is 66.9 Å². The number of amides is 2. The molecular formula is C35H37ClFN3O4S. The van der Waals surface area contributed by atoms with E-state index < -0.39 is 40.2 Å². The number of nitrogens with one attached hydrogen (secondary N) is 1. The van der Waals surface area contributed by atoms with E-state index in [1.54, 1.807) is 36.4 Å². The topological polar surface area (TPSA) is 86.8 Å². The molecule has 45 heavy (non-hydrogen) atoms. The third kappa shape index (κ3) is 8.93. The van der Waals surface area contributed by atoms with Crippen molar-refractivity contribution in [3.8, 4) is 0 Å². The Balaban J connectivity index is 1.80. The van der Waals surface area contributed by atoms with Gasteiger partial charge in [-0.1, -0.05) is 85.6 Å². The van der Waals surface area contributed by atoms with Gasteiger partial charge in [0.2, 0.25) is 11.8 Å². The molecule has 1 N–H and O–H groups in total. The molecule has 0 aromatic heterocycles. The fourth-order valence-corrected chi connectivity index (χ4v) is 6.45. The van der Waals surface area contributed by atoms with E-state index in [1.165, 1.54) is 35.2 Å². The summed E-state index contributed by atoms with van der Waals surface area (Å²) in [5.41, 5.74) is 2.06. The number of benzene rings is 4. The summed E-state index contributed by atoms with van der Waals surface area (Å²) in [6.07, 6.45) is 1.74. The SMILES string of the molecule is CCCCNC(=O)[C@@H](Cc1ccccc1)N(Cc1ccccc1F)C(=O)CN(c1cccc(C)c1)S(=O)(=O)c1ccc(Cl)cc1. The van der Waals surface area contributed by atoms with Gasteiger partial charge in [-0.2, -0.15) is 0 Å². The van der Waals surface area contributed by atoms with Crippen molar-refractivity contribution >= 4 is 39.1 Å². The van der Waals surface area contributed by atoms with Gasteiger partial charge >= 0.3 is 0 Å². The first-order chi connectivity index (χ1) is 21.6. The van der Waals surface area contributed by atoms with Crippen LogP contribution < -0.4 is 9.62 Å². The van der Waals surface area contributed by atoms with E-state index in [0.29, 0.717) is 11.6 Å². The van der Waals surface area contributed by atoms with Crippen LogP contribution in [-0.2, 0) is 32.6 Å². The molecule has 0 fully saturated rings. The van der Waals surface area contributed by atoms with Gasteiger partial charge in [0.25, 0.3) is 10.0 Å². The van der Waals surface area contributed by atoms with Gasteiger partial charge in [-0.25, -0.2) is 12.8 Å². The second-order valence-electron chi connectivity index (χ2n) is 10.8. The van der Waals surface area contributed by atoms with E-state index in [4.69, 9.17) is 11.6 Å². The fourth-order valence-electron chi connectivity index (χ4n) is 4.92. The maximum atomic E-state index is 15.0. The van der Waals surface area contributed by atoms with E-state index in [1.807, 2.05) is 50.2 Å². The lowest BCUT2D eigenvalue weighted by atomic mass is 10.0. The molecule has 7 nitrogen and oxygen atoms in total. The molecule has 0 spiro atoms. The quantitative estimate of drug-likeness (QED) is 0.157. The molecule has 0 bridgehead atoms. The molecule has 0 saturated carbocycles. The molecule has 0 aliphatic heterocycles. The molecule has 2 amide bonds.